The molecule has 0 aromatic heterocycles. The third kappa shape index (κ3) is 29.0. The third-order valence-electron chi connectivity index (χ3n) is 9.13. The molecule has 0 aliphatic heterocycles. The first-order valence-electron chi connectivity index (χ1n) is 19.7. The van der Waals surface area contributed by atoms with Crippen molar-refractivity contribution in [1.29, 1.82) is 0 Å². The quantitative estimate of drug-likeness (QED) is 0.0346. The second-order valence-electron chi connectivity index (χ2n) is 13.6. The maximum absolute atomic E-state index is 12.4. The fraction of sp³-hybridized carbons (Fsp3) is 0.875. The average Bonchev–Trinajstić information content (AvgIpc) is 3.06. The van der Waals surface area contributed by atoms with Crippen LogP contribution in [0.5, 0.6) is 0 Å². The fourth-order valence-electron chi connectivity index (χ4n) is 5.91. The molecule has 4 atom stereocenters. The Morgan fingerprint density at radius 2 is 0.913 bits per heavy atom. The van der Waals surface area contributed by atoms with Gasteiger partial charge in [0.2, 0.25) is 5.91 Å². The van der Waals surface area contributed by atoms with E-state index in [-0.39, 0.29) is 0 Å². The first-order chi connectivity index (χ1) is 22.5. The molecule has 6 heteroatoms. The first kappa shape index (κ1) is 44.8. The number of aliphatic hydroxyl groups is 4. The standard InChI is InChI=1S/C40H77NO5/c1-3-5-7-9-11-12-13-14-15-16-17-18-19-20-21-22-23-24-25-26-28-30-32-34-38(44)40(46)41-36(35-42)39(45)37(43)33-31-29-27-10-8-6-4-2/h10,20-21,27,36-39,42-45H,3-9,11-19,22-26,28-35H2,1-2H3,(H,41,46)/b21-20-,27-10+. The predicted octanol–water partition coefficient (Wildman–Crippen LogP) is 9.62. The first-order valence-corrected chi connectivity index (χ1v) is 19.7. The summed E-state index contributed by atoms with van der Waals surface area (Å²) in [5.41, 5.74) is 0. The summed E-state index contributed by atoms with van der Waals surface area (Å²) < 4.78 is 0. The molecule has 0 rings (SSSR count). The van der Waals surface area contributed by atoms with E-state index >= 15 is 0 Å². The average molecular weight is 652 g/mol. The van der Waals surface area contributed by atoms with Crippen molar-refractivity contribution in [3.63, 3.8) is 0 Å². The Morgan fingerprint density at radius 3 is 1.37 bits per heavy atom. The van der Waals surface area contributed by atoms with Crippen molar-refractivity contribution in [2.75, 3.05) is 6.61 Å². The second kappa shape index (κ2) is 35.1. The van der Waals surface area contributed by atoms with Crippen LogP contribution in [0, 0.1) is 0 Å². The van der Waals surface area contributed by atoms with Crippen molar-refractivity contribution in [1.82, 2.24) is 5.32 Å². The molecule has 0 spiro atoms. The summed E-state index contributed by atoms with van der Waals surface area (Å²) in [6.45, 7) is 3.94. The Kier molecular flexibility index (Phi) is 34.2. The van der Waals surface area contributed by atoms with E-state index in [4.69, 9.17) is 0 Å². The molecular formula is C40H77NO5. The zero-order chi connectivity index (χ0) is 33.9. The van der Waals surface area contributed by atoms with E-state index in [0.717, 1.165) is 38.5 Å². The van der Waals surface area contributed by atoms with E-state index in [2.05, 4.69) is 43.5 Å². The summed E-state index contributed by atoms with van der Waals surface area (Å²) in [6.07, 6.45) is 38.1. The Bertz CT molecular complexity index is 697. The Labute approximate surface area is 284 Å². The van der Waals surface area contributed by atoms with Gasteiger partial charge in [0.15, 0.2) is 0 Å². The Balaban J connectivity index is 3.68. The number of allylic oxidation sites excluding steroid dienone is 4. The largest absolute Gasteiger partial charge is 0.394 e. The Morgan fingerprint density at radius 1 is 0.522 bits per heavy atom. The van der Waals surface area contributed by atoms with Crippen LogP contribution < -0.4 is 5.32 Å². The van der Waals surface area contributed by atoms with Crippen LogP contribution in [-0.4, -0.2) is 57.3 Å². The zero-order valence-corrected chi connectivity index (χ0v) is 30.3. The lowest BCUT2D eigenvalue weighted by Gasteiger charge is -2.27. The molecule has 0 aliphatic carbocycles. The van der Waals surface area contributed by atoms with Gasteiger partial charge in [0.25, 0.3) is 0 Å². The summed E-state index contributed by atoms with van der Waals surface area (Å²) in [5, 5.41) is 43.2. The lowest BCUT2D eigenvalue weighted by atomic mass is 10.00. The summed E-state index contributed by atoms with van der Waals surface area (Å²) in [7, 11) is 0. The van der Waals surface area contributed by atoms with Crippen LogP contribution in [0.15, 0.2) is 24.3 Å². The molecule has 4 unspecified atom stereocenters. The van der Waals surface area contributed by atoms with Gasteiger partial charge in [-0.3, -0.25) is 4.79 Å². The molecule has 5 N–H and O–H groups in total. The van der Waals surface area contributed by atoms with Crippen molar-refractivity contribution in [2.45, 2.75) is 218 Å². The highest BCUT2D eigenvalue weighted by Gasteiger charge is 2.28. The highest BCUT2D eigenvalue weighted by Crippen LogP contribution is 2.15. The lowest BCUT2D eigenvalue weighted by Crippen LogP contribution is -2.53. The number of nitrogens with one attached hydrogen (secondary N) is 1. The van der Waals surface area contributed by atoms with Crippen LogP contribution in [0.2, 0.25) is 0 Å². The van der Waals surface area contributed by atoms with Crippen LogP contribution in [0.3, 0.4) is 0 Å². The number of aliphatic hydroxyl groups excluding tert-OH is 4. The van der Waals surface area contributed by atoms with Gasteiger partial charge in [0.1, 0.15) is 12.2 Å². The van der Waals surface area contributed by atoms with E-state index in [1.165, 1.54) is 122 Å². The van der Waals surface area contributed by atoms with Crippen molar-refractivity contribution < 1.29 is 25.2 Å². The molecule has 0 aromatic carbocycles. The molecule has 0 aliphatic rings. The van der Waals surface area contributed by atoms with Gasteiger partial charge in [-0.2, -0.15) is 0 Å². The van der Waals surface area contributed by atoms with Gasteiger partial charge in [0.05, 0.1) is 18.8 Å². The molecule has 272 valence electrons. The fourth-order valence-corrected chi connectivity index (χ4v) is 5.91. The van der Waals surface area contributed by atoms with Crippen LogP contribution in [0.4, 0.5) is 0 Å². The number of carbonyl (C=O) groups is 1. The minimum Gasteiger partial charge on any atom is -0.394 e. The van der Waals surface area contributed by atoms with Gasteiger partial charge < -0.3 is 25.7 Å². The molecule has 0 radical (unpaired) electrons. The summed E-state index contributed by atoms with van der Waals surface area (Å²) >= 11 is 0. The van der Waals surface area contributed by atoms with E-state index < -0.39 is 36.9 Å². The summed E-state index contributed by atoms with van der Waals surface area (Å²) in [6, 6.07) is -0.999. The van der Waals surface area contributed by atoms with Crippen LogP contribution >= 0.6 is 0 Å². The maximum atomic E-state index is 12.4. The van der Waals surface area contributed by atoms with Crippen molar-refractivity contribution in [2.24, 2.45) is 0 Å². The van der Waals surface area contributed by atoms with Crippen LogP contribution in [0.1, 0.15) is 194 Å². The smallest absolute Gasteiger partial charge is 0.249 e. The van der Waals surface area contributed by atoms with Crippen molar-refractivity contribution in [3.8, 4) is 0 Å². The number of hydrogen-bond acceptors (Lipinski definition) is 5. The van der Waals surface area contributed by atoms with Crippen molar-refractivity contribution in [3.05, 3.63) is 24.3 Å². The maximum Gasteiger partial charge on any atom is 0.249 e. The minimum atomic E-state index is -1.28. The molecule has 0 saturated carbocycles. The molecule has 46 heavy (non-hydrogen) atoms. The van der Waals surface area contributed by atoms with Gasteiger partial charge in [-0.25, -0.2) is 0 Å². The Hall–Kier alpha value is -1.21. The molecule has 0 aromatic rings. The molecule has 0 bridgehead atoms. The number of hydrogen-bond donors (Lipinski definition) is 5. The molecule has 0 heterocycles. The molecule has 0 fully saturated rings. The highest BCUT2D eigenvalue weighted by atomic mass is 16.3. The normalized spacial score (nSPS) is 14.7. The number of rotatable bonds is 35. The number of unbranched alkanes of at least 4 members (excludes halogenated alkanes) is 22. The van der Waals surface area contributed by atoms with Gasteiger partial charge >= 0.3 is 0 Å². The predicted molar refractivity (Wildman–Crippen MR) is 196 cm³/mol. The van der Waals surface area contributed by atoms with Gasteiger partial charge in [-0.1, -0.05) is 160 Å². The second-order valence-corrected chi connectivity index (χ2v) is 13.6. The monoisotopic (exact) mass is 652 g/mol. The van der Waals surface area contributed by atoms with Crippen molar-refractivity contribution >= 4 is 5.91 Å². The van der Waals surface area contributed by atoms with Gasteiger partial charge in [-0.05, 0) is 57.8 Å². The van der Waals surface area contributed by atoms with E-state index in [1.54, 1.807) is 0 Å². The number of carbonyl (C=O) groups excluding carboxylic acids is 1. The lowest BCUT2D eigenvalue weighted by molar-refractivity contribution is -0.132. The molecule has 0 saturated heterocycles. The highest BCUT2D eigenvalue weighted by molar-refractivity contribution is 5.80. The molecular weight excluding hydrogens is 574 g/mol. The molecule has 6 nitrogen and oxygen atoms in total. The topological polar surface area (TPSA) is 110 Å². The summed E-state index contributed by atoms with van der Waals surface area (Å²) in [4.78, 5) is 12.4. The zero-order valence-electron chi connectivity index (χ0n) is 30.3. The van der Waals surface area contributed by atoms with Gasteiger partial charge in [0, 0.05) is 0 Å². The minimum absolute atomic E-state index is 0.358. The number of amides is 1. The third-order valence-corrected chi connectivity index (χ3v) is 9.13. The molecule has 1 amide bonds. The summed E-state index contributed by atoms with van der Waals surface area (Å²) in [5.74, 6) is -0.601. The van der Waals surface area contributed by atoms with Crippen LogP contribution in [-0.2, 0) is 4.79 Å². The van der Waals surface area contributed by atoms with E-state index in [0.29, 0.717) is 19.3 Å². The SMILES string of the molecule is CCCC/C=C/CCCC(O)C(O)C(CO)NC(=O)C(O)CCCCCCCCC/C=C\CCCCCCCCCCCCCC. The van der Waals surface area contributed by atoms with Gasteiger partial charge in [-0.15, -0.1) is 0 Å². The van der Waals surface area contributed by atoms with E-state index in [9.17, 15) is 25.2 Å². The van der Waals surface area contributed by atoms with E-state index in [1.807, 2.05) is 0 Å². The van der Waals surface area contributed by atoms with Crippen LogP contribution in [0.25, 0.3) is 0 Å².